The lowest BCUT2D eigenvalue weighted by Gasteiger charge is -2.39. The summed E-state index contributed by atoms with van der Waals surface area (Å²) in [7, 11) is 0. The predicted octanol–water partition coefficient (Wildman–Crippen LogP) is 2.28. The van der Waals surface area contributed by atoms with Gasteiger partial charge in [0.25, 0.3) is 5.91 Å². The maximum absolute atomic E-state index is 12.9. The van der Waals surface area contributed by atoms with E-state index in [0.29, 0.717) is 29.8 Å². The molecule has 1 saturated heterocycles. The molecule has 122 valence electrons. The number of hydrogen-bond acceptors (Lipinski definition) is 5. The topological polar surface area (TPSA) is 79.5 Å². The van der Waals surface area contributed by atoms with Crippen LogP contribution in [0, 0.1) is 12.8 Å². The second-order valence-electron chi connectivity index (χ2n) is 6.08. The van der Waals surface area contributed by atoms with Crippen molar-refractivity contribution in [3.63, 3.8) is 0 Å². The first kappa shape index (κ1) is 15.7. The molecule has 2 aromatic rings. The van der Waals surface area contributed by atoms with Gasteiger partial charge in [-0.25, -0.2) is 0 Å². The van der Waals surface area contributed by atoms with Gasteiger partial charge in [0.1, 0.15) is 0 Å². The van der Waals surface area contributed by atoms with E-state index in [0.717, 1.165) is 18.4 Å². The van der Waals surface area contributed by atoms with Crippen molar-refractivity contribution in [3.05, 3.63) is 35.7 Å². The van der Waals surface area contributed by atoms with Gasteiger partial charge < -0.3 is 14.4 Å². The highest BCUT2D eigenvalue weighted by molar-refractivity contribution is 5.95. The molecule has 0 aliphatic carbocycles. The fourth-order valence-corrected chi connectivity index (χ4v) is 3.14. The molecule has 1 amide bonds. The number of rotatable bonds is 3. The highest BCUT2D eigenvalue weighted by Crippen LogP contribution is 2.26. The number of aliphatic hydroxyl groups is 1. The Hall–Kier alpha value is -2.21. The molecular weight excluding hydrogens is 294 g/mol. The number of aromatic nitrogens is 2. The molecule has 0 spiro atoms. The number of carbonyl (C=O) groups is 1. The summed E-state index contributed by atoms with van der Waals surface area (Å²) in [6.07, 6.45) is 2.00. The molecule has 6 nitrogen and oxygen atoms in total. The van der Waals surface area contributed by atoms with Gasteiger partial charge >= 0.3 is 0 Å². The van der Waals surface area contributed by atoms with Gasteiger partial charge in [-0.3, -0.25) is 4.79 Å². The van der Waals surface area contributed by atoms with Gasteiger partial charge in [0.05, 0.1) is 12.6 Å². The van der Waals surface area contributed by atoms with E-state index in [1.54, 1.807) is 24.0 Å². The first-order valence-corrected chi connectivity index (χ1v) is 7.92. The summed E-state index contributed by atoms with van der Waals surface area (Å²) >= 11 is 0. The smallest absolute Gasteiger partial charge is 0.254 e. The van der Waals surface area contributed by atoms with Gasteiger partial charge in [0.2, 0.25) is 11.8 Å². The molecule has 0 bridgehead atoms. The van der Waals surface area contributed by atoms with Crippen LogP contribution in [-0.2, 0) is 0 Å². The van der Waals surface area contributed by atoms with Crippen molar-refractivity contribution >= 4 is 5.91 Å². The summed E-state index contributed by atoms with van der Waals surface area (Å²) in [6, 6.07) is 7.08. The molecule has 1 aliphatic heterocycles. The van der Waals surface area contributed by atoms with Crippen molar-refractivity contribution < 1.29 is 14.3 Å². The molecule has 23 heavy (non-hydrogen) atoms. The monoisotopic (exact) mass is 315 g/mol. The maximum atomic E-state index is 12.9. The number of likely N-dealkylation sites (tertiary alicyclic amines) is 1. The fourth-order valence-electron chi connectivity index (χ4n) is 3.14. The van der Waals surface area contributed by atoms with Crippen LogP contribution in [0.2, 0.25) is 0 Å². The molecule has 0 saturated carbocycles. The first-order valence-electron chi connectivity index (χ1n) is 7.92. The largest absolute Gasteiger partial charge is 0.421 e. The molecule has 1 aliphatic rings. The third kappa shape index (κ3) is 3.12. The first-order chi connectivity index (χ1) is 11.1. The van der Waals surface area contributed by atoms with E-state index in [9.17, 15) is 9.90 Å². The lowest BCUT2D eigenvalue weighted by Crippen LogP contribution is -2.49. The Labute approximate surface area is 135 Å². The number of amides is 1. The van der Waals surface area contributed by atoms with E-state index in [1.165, 1.54) is 0 Å². The van der Waals surface area contributed by atoms with Crippen molar-refractivity contribution in [2.45, 2.75) is 32.7 Å². The Balaban J connectivity index is 1.87. The van der Waals surface area contributed by atoms with Crippen molar-refractivity contribution in [1.82, 2.24) is 15.1 Å². The van der Waals surface area contributed by atoms with E-state index in [4.69, 9.17) is 4.42 Å². The summed E-state index contributed by atoms with van der Waals surface area (Å²) in [5.41, 5.74) is 1.30. The number of piperidine rings is 1. The second-order valence-corrected chi connectivity index (χ2v) is 6.08. The molecule has 1 aromatic carbocycles. The Bertz CT molecular complexity index is 698. The number of benzene rings is 1. The number of aryl methyl sites for hydroxylation is 1. The Morgan fingerprint density at radius 3 is 2.96 bits per heavy atom. The zero-order valence-electron chi connectivity index (χ0n) is 13.4. The zero-order chi connectivity index (χ0) is 16.4. The minimum absolute atomic E-state index is 0.00451. The predicted molar refractivity (Wildman–Crippen MR) is 84.8 cm³/mol. The normalized spacial score (nSPS) is 21.4. The van der Waals surface area contributed by atoms with Crippen LogP contribution in [0.15, 0.2) is 28.7 Å². The van der Waals surface area contributed by atoms with Crippen LogP contribution in [0.3, 0.4) is 0 Å². The fraction of sp³-hybridized carbons (Fsp3) is 0.471. The van der Waals surface area contributed by atoms with Gasteiger partial charge in [-0.05, 0) is 37.0 Å². The van der Waals surface area contributed by atoms with Gasteiger partial charge in [-0.15, -0.1) is 10.2 Å². The highest BCUT2D eigenvalue weighted by Gasteiger charge is 2.31. The van der Waals surface area contributed by atoms with Crippen molar-refractivity contribution in [3.8, 4) is 11.5 Å². The minimum atomic E-state index is -0.120. The van der Waals surface area contributed by atoms with Gasteiger partial charge in [-0.2, -0.15) is 0 Å². The van der Waals surface area contributed by atoms with Crippen LogP contribution in [0.5, 0.6) is 0 Å². The second kappa shape index (κ2) is 6.50. The summed E-state index contributed by atoms with van der Waals surface area (Å²) in [6.45, 7) is 4.48. The Kier molecular flexibility index (Phi) is 4.43. The number of hydrogen-bond donors (Lipinski definition) is 1. The molecule has 1 aromatic heterocycles. The van der Waals surface area contributed by atoms with E-state index in [-0.39, 0.29) is 18.6 Å². The van der Waals surface area contributed by atoms with Crippen LogP contribution in [0.4, 0.5) is 0 Å². The van der Waals surface area contributed by atoms with Crippen molar-refractivity contribution in [1.29, 1.82) is 0 Å². The highest BCUT2D eigenvalue weighted by atomic mass is 16.4. The van der Waals surface area contributed by atoms with E-state index in [2.05, 4.69) is 17.1 Å². The molecule has 0 radical (unpaired) electrons. The van der Waals surface area contributed by atoms with Crippen LogP contribution in [0.25, 0.3) is 11.5 Å². The average molecular weight is 315 g/mol. The summed E-state index contributed by atoms with van der Waals surface area (Å²) in [4.78, 5) is 14.6. The molecular formula is C17H21N3O3. The Morgan fingerprint density at radius 1 is 1.43 bits per heavy atom. The third-order valence-electron chi connectivity index (χ3n) is 4.45. The van der Waals surface area contributed by atoms with Crippen LogP contribution in [-0.4, -0.2) is 45.3 Å². The zero-order valence-corrected chi connectivity index (χ0v) is 13.4. The number of carbonyl (C=O) groups excluding carboxylic acids is 1. The quantitative estimate of drug-likeness (QED) is 0.940. The molecule has 1 fully saturated rings. The number of aliphatic hydroxyl groups excluding tert-OH is 1. The van der Waals surface area contributed by atoms with Crippen molar-refractivity contribution in [2.24, 2.45) is 5.92 Å². The summed E-state index contributed by atoms with van der Waals surface area (Å²) in [5, 5.41) is 17.4. The van der Waals surface area contributed by atoms with Gasteiger partial charge in [0, 0.05) is 24.6 Å². The SMILES string of the molecule is Cc1nnc(-c2cccc(C(=O)N3CCCC(C)C3CO)c2)o1. The lowest BCUT2D eigenvalue weighted by molar-refractivity contribution is 0.0358. The van der Waals surface area contributed by atoms with Gasteiger partial charge in [0.15, 0.2) is 0 Å². The Morgan fingerprint density at radius 2 is 2.26 bits per heavy atom. The van der Waals surface area contributed by atoms with E-state index < -0.39 is 0 Å². The van der Waals surface area contributed by atoms with E-state index >= 15 is 0 Å². The summed E-state index contributed by atoms with van der Waals surface area (Å²) < 4.78 is 5.42. The lowest BCUT2D eigenvalue weighted by atomic mass is 9.90. The van der Waals surface area contributed by atoms with Gasteiger partial charge in [-0.1, -0.05) is 13.0 Å². The molecule has 6 heteroatoms. The van der Waals surface area contributed by atoms with Crippen LogP contribution in [0.1, 0.15) is 36.0 Å². The minimum Gasteiger partial charge on any atom is -0.421 e. The van der Waals surface area contributed by atoms with Crippen LogP contribution >= 0.6 is 0 Å². The average Bonchev–Trinajstić information content (AvgIpc) is 3.00. The molecule has 2 heterocycles. The maximum Gasteiger partial charge on any atom is 0.254 e. The molecule has 3 rings (SSSR count). The third-order valence-corrected chi connectivity index (χ3v) is 4.45. The van der Waals surface area contributed by atoms with E-state index in [1.807, 2.05) is 12.1 Å². The summed E-state index contributed by atoms with van der Waals surface area (Å²) in [5.74, 6) is 1.14. The molecule has 1 N–H and O–H groups in total. The van der Waals surface area contributed by atoms with Crippen LogP contribution < -0.4 is 0 Å². The molecule has 2 atom stereocenters. The molecule has 2 unspecified atom stereocenters. The number of nitrogens with zero attached hydrogens (tertiary/aromatic N) is 3. The van der Waals surface area contributed by atoms with Crippen molar-refractivity contribution in [2.75, 3.05) is 13.2 Å². The standard InChI is InChI=1S/C17H21N3O3/c1-11-5-4-8-20(15(11)10-21)17(22)14-7-3-6-13(9-14)16-19-18-12(2)23-16/h3,6-7,9,11,15,21H,4-5,8,10H2,1-2H3.